The summed E-state index contributed by atoms with van der Waals surface area (Å²) in [6.45, 7) is 2.00. The highest BCUT2D eigenvalue weighted by molar-refractivity contribution is 5.96. The molecule has 1 heterocycles. The molecule has 142 valence electrons. The summed E-state index contributed by atoms with van der Waals surface area (Å²) in [4.78, 5) is 27.9. The van der Waals surface area contributed by atoms with Gasteiger partial charge in [-0.1, -0.05) is 18.2 Å². The first kappa shape index (κ1) is 19.1. The molecule has 0 saturated carbocycles. The Morgan fingerprint density at radius 1 is 0.815 bits per heavy atom. The first-order valence-electron chi connectivity index (χ1n) is 8.70. The number of benzene rings is 2. The molecule has 3 rings (SSSR count). The number of amides is 1. The molecular formula is C20H19F3N2O2. The maximum absolute atomic E-state index is 13.8. The van der Waals surface area contributed by atoms with Gasteiger partial charge in [0, 0.05) is 39.1 Å². The number of carbonyl (C=O) groups excluding carboxylic acids is 2. The van der Waals surface area contributed by atoms with E-state index in [0.717, 1.165) is 12.1 Å². The van der Waals surface area contributed by atoms with Crippen LogP contribution >= 0.6 is 0 Å². The lowest BCUT2D eigenvalue weighted by Gasteiger charge is -2.34. The number of ketones is 1. The highest BCUT2D eigenvalue weighted by atomic mass is 19.1. The van der Waals surface area contributed by atoms with Crippen molar-refractivity contribution in [3.05, 3.63) is 71.0 Å². The molecule has 1 aliphatic rings. The Kier molecular flexibility index (Phi) is 5.91. The summed E-state index contributed by atoms with van der Waals surface area (Å²) >= 11 is 0. The van der Waals surface area contributed by atoms with Crippen molar-refractivity contribution in [1.82, 2.24) is 9.80 Å². The van der Waals surface area contributed by atoms with E-state index in [4.69, 9.17) is 0 Å². The van der Waals surface area contributed by atoms with Gasteiger partial charge in [0.25, 0.3) is 5.91 Å². The minimum Gasteiger partial charge on any atom is -0.336 e. The predicted molar refractivity (Wildman–Crippen MR) is 94.0 cm³/mol. The van der Waals surface area contributed by atoms with Crippen molar-refractivity contribution < 1.29 is 22.8 Å². The first-order chi connectivity index (χ1) is 13.0. The van der Waals surface area contributed by atoms with Crippen molar-refractivity contribution in [3.63, 3.8) is 0 Å². The maximum atomic E-state index is 13.8. The van der Waals surface area contributed by atoms with Gasteiger partial charge in [0.1, 0.15) is 23.0 Å². The predicted octanol–water partition coefficient (Wildman–Crippen LogP) is 3.13. The monoisotopic (exact) mass is 376 g/mol. The van der Waals surface area contributed by atoms with Crippen molar-refractivity contribution in [2.75, 3.05) is 32.7 Å². The lowest BCUT2D eigenvalue weighted by atomic mass is 10.1. The summed E-state index contributed by atoms with van der Waals surface area (Å²) in [7, 11) is 0. The van der Waals surface area contributed by atoms with E-state index in [1.807, 2.05) is 4.90 Å². The average molecular weight is 376 g/mol. The maximum Gasteiger partial charge on any atom is 0.259 e. The second-order valence-electron chi connectivity index (χ2n) is 6.38. The van der Waals surface area contributed by atoms with Crippen molar-refractivity contribution >= 4 is 11.7 Å². The molecule has 1 fully saturated rings. The van der Waals surface area contributed by atoms with E-state index in [1.54, 1.807) is 6.07 Å². The summed E-state index contributed by atoms with van der Waals surface area (Å²) < 4.78 is 41.2. The van der Waals surface area contributed by atoms with Gasteiger partial charge in [-0.2, -0.15) is 0 Å². The van der Waals surface area contributed by atoms with Gasteiger partial charge >= 0.3 is 0 Å². The molecule has 0 aliphatic carbocycles. The SMILES string of the molecule is O=C(CCN1CCN(C(=O)c2c(F)cccc2F)CC1)c1ccccc1F. The van der Waals surface area contributed by atoms with E-state index in [9.17, 15) is 22.8 Å². The van der Waals surface area contributed by atoms with Crippen LogP contribution in [0.2, 0.25) is 0 Å². The lowest BCUT2D eigenvalue weighted by Crippen LogP contribution is -2.49. The fourth-order valence-corrected chi connectivity index (χ4v) is 3.12. The third-order valence-corrected chi connectivity index (χ3v) is 4.67. The van der Waals surface area contributed by atoms with Crippen LogP contribution in [0.25, 0.3) is 0 Å². The number of nitrogens with zero attached hydrogens (tertiary/aromatic N) is 2. The Bertz CT molecular complexity index is 829. The lowest BCUT2D eigenvalue weighted by molar-refractivity contribution is 0.0619. The van der Waals surface area contributed by atoms with E-state index in [-0.39, 0.29) is 17.8 Å². The number of rotatable bonds is 5. The molecule has 4 nitrogen and oxygen atoms in total. The number of piperazine rings is 1. The normalized spacial score (nSPS) is 15.0. The van der Waals surface area contributed by atoms with Gasteiger partial charge in [-0.05, 0) is 24.3 Å². The van der Waals surface area contributed by atoms with Crippen molar-refractivity contribution in [1.29, 1.82) is 0 Å². The molecular weight excluding hydrogens is 357 g/mol. The Morgan fingerprint density at radius 2 is 1.41 bits per heavy atom. The van der Waals surface area contributed by atoms with Crippen molar-refractivity contribution in [2.24, 2.45) is 0 Å². The molecule has 0 atom stereocenters. The topological polar surface area (TPSA) is 40.6 Å². The van der Waals surface area contributed by atoms with Gasteiger partial charge < -0.3 is 4.90 Å². The molecule has 1 saturated heterocycles. The summed E-state index contributed by atoms with van der Waals surface area (Å²) in [5.74, 6) is -3.24. The van der Waals surface area contributed by atoms with Crippen LogP contribution in [0.3, 0.4) is 0 Å². The number of hydrogen-bond donors (Lipinski definition) is 0. The van der Waals surface area contributed by atoms with E-state index in [2.05, 4.69) is 0 Å². The van der Waals surface area contributed by atoms with Crippen LogP contribution in [0.5, 0.6) is 0 Å². The summed E-state index contributed by atoms with van der Waals surface area (Å²) in [5.41, 5.74) is -0.470. The zero-order valence-electron chi connectivity index (χ0n) is 14.6. The van der Waals surface area contributed by atoms with E-state index >= 15 is 0 Å². The van der Waals surface area contributed by atoms with Crippen molar-refractivity contribution in [3.8, 4) is 0 Å². The largest absolute Gasteiger partial charge is 0.336 e. The van der Waals surface area contributed by atoms with E-state index < -0.39 is 28.9 Å². The Morgan fingerprint density at radius 3 is 2.04 bits per heavy atom. The fraction of sp³-hybridized carbons (Fsp3) is 0.300. The Labute approximate surface area is 155 Å². The second kappa shape index (κ2) is 8.35. The molecule has 1 amide bonds. The molecule has 2 aromatic rings. The smallest absolute Gasteiger partial charge is 0.259 e. The number of Topliss-reactive ketones (excluding diaryl/α,β-unsaturated/α-hetero) is 1. The Balaban J connectivity index is 1.53. The number of hydrogen-bond acceptors (Lipinski definition) is 3. The van der Waals surface area contributed by atoms with Crippen LogP contribution in [-0.2, 0) is 0 Å². The molecule has 0 radical (unpaired) electrons. The molecule has 0 N–H and O–H groups in total. The third kappa shape index (κ3) is 4.36. The quantitative estimate of drug-likeness (QED) is 0.753. The third-order valence-electron chi connectivity index (χ3n) is 4.67. The van der Waals surface area contributed by atoms with Gasteiger partial charge in [0.2, 0.25) is 0 Å². The Hall–Kier alpha value is -2.67. The van der Waals surface area contributed by atoms with Crippen LogP contribution in [0, 0.1) is 17.5 Å². The minimum atomic E-state index is -0.877. The zero-order valence-corrected chi connectivity index (χ0v) is 14.6. The molecule has 1 aliphatic heterocycles. The van der Waals surface area contributed by atoms with Crippen LogP contribution < -0.4 is 0 Å². The fourth-order valence-electron chi connectivity index (χ4n) is 3.12. The molecule has 7 heteroatoms. The molecule has 0 unspecified atom stereocenters. The first-order valence-corrected chi connectivity index (χ1v) is 8.70. The van der Waals surface area contributed by atoms with Crippen molar-refractivity contribution in [2.45, 2.75) is 6.42 Å². The minimum absolute atomic E-state index is 0.0707. The average Bonchev–Trinajstić information content (AvgIpc) is 2.66. The van der Waals surface area contributed by atoms with Gasteiger partial charge in [-0.3, -0.25) is 14.5 Å². The van der Waals surface area contributed by atoms with Crippen LogP contribution in [0.15, 0.2) is 42.5 Å². The number of carbonyl (C=O) groups is 2. The summed E-state index contributed by atoms with van der Waals surface area (Å²) in [6, 6.07) is 9.17. The van der Waals surface area contributed by atoms with Gasteiger partial charge in [0.05, 0.1) is 5.56 Å². The summed E-state index contributed by atoms with van der Waals surface area (Å²) in [6.07, 6.45) is 0.164. The standard InChI is InChI=1S/C20H19F3N2O2/c21-15-5-2-1-4-14(15)18(26)8-9-24-10-12-25(13-11-24)20(27)19-16(22)6-3-7-17(19)23/h1-7H,8-13H2. The van der Waals surface area contributed by atoms with E-state index in [1.165, 1.54) is 29.2 Å². The molecule has 0 aromatic heterocycles. The van der Waals surface area contributed by atoms with Gasteiger partial charge in [0.15, 0.2) is 5.78 Å². The van der Waals surface area contributed by atoms with E-state index in [0.29, 0.717) is 32.7 Å². The highest BCUT2D eigenvalue weighted by Gasteiger charge is 2.26. The van der Waals surface area contributed by atoms with Crippen LogP contribution in [0.4, 0.5) is 13.2 Å². The zero-order chi connectivity index (χ0) is 19.4. The number of halogens is 3. The second-order valence-corrected chi connectivity index (χ2v) is 6.38. The summed E-state index contributed by atoms with van der Waals surface area (Å²) in [5, 5.41) is 0. The molecule has 0 bridgehead atoms. The molecule has 27 heavy (non-hydrogen) atoms. The molecule has 2 aromatic carbocycles. The molecule has 0 spiro atoms. The highest BCUT2D eigenvalue weighted by Crippen LogP contribution is 2.16. The van der Waals surface area contributed by atoms with Crippen LogP contribution in [-0.4, -0.2) is 54.2 Å². The van der Waals surface area contributed by atoms with Gasteiger partial charge in [-0.25, -0.2) is 13.2 Å². The van der Waals surface area contributed by atoms with Crippen LogP contribution in [0.1, 0.15) is 27.1 Å². The van der Waals surface area contributed by atoms with Gasteiger partial charge in [-0.15, -0.1) is 0 Å².